The Bertz CT molecular complexity index is 1760. The number of rotatable bonds is 10. The van der Waals surface area contributed by atoms with Gasteiger partial charge in [0.25, 0.3) is 0 Å². The summed E-state index contributed by atoms with van der Waals surface area (Å²) in [6.45, 7) is 5.92. The van der Waals surface area contributed by atoms with E-state index in [1.54, 1.807) is 16.8 Å². The van der Waals surface area contributed by atoms with Gasteiger partial charge in [-0.2, -0.15) is 5.10 Å². The van der Waals surface area contributed by atoms with Crippen LogP contribution in [-0.4, -0.2) is 34.3 Å². The second-order valence-electron chi connectivity index (χ2n) is 11.1. The summed E-state index contributed by atoms with van der Waals surface area (Å²) in [7, 11) is -4.23. The third kappa shape index (κ3) is 5.95. The second-order valence-corrected chi connectivity index (χ2v) is 13.4. The molecule has 0 unspecified atom stereocenters. The van der Waals surface area contributed by atoms with Crippen LogP contribution < -0.4 is 5.14 Å². The first-order chi connectivity index (χ1) is 19.3. The number of carboxylic acid groups (broad SMARTS) is 1. The predicted octanol–water partition coefficient (Wildman–Crippen LogP) is 5.85. The maximum atomic E-state index is 15.0. The molecule has 4 aromatic rings. The molecule has 41 heavy (non-hydrogen) atoms. The van der Waals surface area contributed by atoms with Gasteiger partial charge in [0.2, 0.25) is 15.2 Å². The van der Waals surface area contributed by atoms with E-state index in [0.717, 1.165) is 47.6 Å². The fourth-order valence-electron chi connectivity index (χ4n) is 4.80. The highest BCUT2D eigenvalue weighted by molar-refractivity contribution is 7.89. The number of halogens is 2. The van der Waals surface area contributed by atoms with E-state index in [2.05, 4.69) is 4.98 Å². The number of primary sulfonamides is 1. The zero-order valence-corrected chi connectivity index (χ0v) is 24.5. The van der Waals surface area contributed by atoms with Crippen molar-refractivity contribution in [3.63, 3.8) is 0 Å². The van der Waals surface area contributed by atoms with Gasteiger partial charge in [0, 0.05) is 22.9 Å². The van der Waals surface area contributed by atoms with Crippen molar-refractivity contribution in [2.75, 3.05) is 0 Å². The first-order valence-corrected chi connectivity index (χ1v) is 15.6. The average molecular weight is 601 g/mol. The van der Waals surface area contributed by atoms with Crippen LogP contribution in [0.4, 0.5) is 8.78 Å². The van der Waals surface area contributed by atoms with Crippen LogP contribution in [0, 0.1) is 17.6 Å². The third-order valence-corrected chi connectivity index (χ3v) is 9.46. The van der Waals surface area contributed by atoms with Crippen molar-refractivity contribution in [1.82, 2.24) is 14.8 Å². The van der Waals surface area contributed by atoms with Gasteiger partial charge in [0.15, 0.2) is 5.69 Å². The molecular formula is C29H30F2N4O4S2. The molecule has 12 heteroatoms. The minimum Gasteiger partial charge on any atom is -0.476 e. The summed E-state index contributed by atoms with van der Waals surface area (Å²) in [6.07, 6.45) is 3.59. The normalized spacial score (nSPS) is 14.0. The lowest BCUT2D eigenvalue weighted by molar-refractivity contribution is 0.0691. The van der Waals surface area contributed by atoms with Crippen LogP contribution in [0.1, 0.15) is 72.9 Å². The van der Waals surface area contributed by atoms with Gasteiger partial charge < -0.3 is 5.11 Å². The van der Waals surface area contributed by atoms with Crippen LogP contribution >= 0.6 is 11.3 Å². The fourth-order valence-corrected chi connectivity index (χ4v) is 6.16. The van der Waals surface area contributed by atoms with Gasteiger partial charge in [0.05, 0.1) is 11.4 Å². The lowest BCUT2D eigenvalue weighted by Crippen LogP contribution is -2.17. The highest BCUT2D eigenvalue weighted by Gasteiger charge is 2.30. The van der Waals surface area contributed by atoms with E-state index < -0.39 is 32.1 Å². The lowest BCUT2D eigenvalue weighted by Gasteiger charge is -2.24. The monoisotopic (exact) mass is 600 g/mol. The summed E-state index contributed by atoms with van der Waals surface area (Å²) in [5, 5.41) is 21.3. The largest absolute Gasteiger partial charge is 0.476 e. The van der Waals surface area contributed by atoms with E-state index in [-0.39, 0.29) is 17.9 Å². The molecule has 1 saturated carbocycles. The number of carbonyl (C=O) groups is 1. The molecule has 216 valence electrons. The molecule has 2 aromatic heterocycles. The molecule has 5 rings (SSSR count). The summed E-state index contributed by atoms with van der Waals surface area (Å²) in [6, 6.07) is 8.64. The van der Waals surface area contributed by atoms with Gasteiger partial charge in [-0.15, -0.1) is 11.3 Å². The maximum absolute atomic E-state index is 15.0. The average Bonchev–Trinajstić information content (AvgIpc) is 3.46. The molecule has 0 bridgehead atoms. The van der Waals surface area contributed by atoms with Gasteiger partial charge in [-0.25, -0.2) is 36.8 Å². The zero-order chi connectivity index (χ0) is 29.7. The number of carboxylic acids is 1. The van der Waals surface area contributed by atoms with Crippen LogP contribution in [0.25, 0.3) is 16.4 Å². The molecule has 0 radical (unpaired) electrons. The van der Waals surface area contributed by atoms with E-state index in [9.17, 15) is 22.7 Å². The predicted molar refractivity (Wildman–Crippen MR) is 152 cm³/mol. The van der Waals surface area contributed by atoms with Crippen molar-refractivity contribution in [2.45, 2.75) is 63.2 Å². The molecule has 0 amide bonds. The number of nitrogens with two attached hydrogens (primary N) is 1. The van der Waals surface area contributed by atoms with E-state index in [0.29, 0.717) is 46.3 Å². The Morgan fingerprint density at radius 2 is 1.90 bits per heavy atom. The van der Waals surface area contributed by atoms with E-state index in [1.807, 2.05) is 20.8 Å². The number of sulfonamides is 1. The summed E-state index contributed by atoms with van der Waals surface area (Å²) in [4.78, 5) is 15.3. The smallest absolute Gasteiger partial charge is 0.355 e. The molecule has 0 atom stereocenters. The Hall–Kier alpha value is -3.48. The molecule has 2 heterocycles. The number of hydrogen-bond donors (Lipinski definition) is 2. The minimum atomic E-state index is -4.23. The molecule has 2 aromatic carbocycles. The van der Waals surface area contributed by atoms with Crippen molar-refractivity contribution >= 4 is 27.3 Å². The van der Waals surface area contributed by atoms with Crippen molar-refractivity contribution in [1.29, 1.82) is 0 Å². The fraction of sp³-hybridized carbons (Fsp3) is 0.345. The Kier molecular flexibility index (Phi) is 7.60. The Balaban J connectivity index is 1.72. The summed E-state index contributed by atoms with van der Waals surface area (Å²) in [5.74, 6) is -2.03. The first kappa shape index (κ1) is 29.0. The molecular weight excluding hydrogens is 570 g/mol. The quantitative estimate of drug-likeness (QED) is 0.235. The van der Waals surface area contributed by atoms with Gasteiger partial charge in [0.1, 0.15) is 16.5 Å². The van der Waals surface area contributed by atoms with Crippen molar-refractivity contribution in [3.8, 4) is 16.4 Å². The molecule has 1 fully saturated rings. The summed E-state index contributed by atoms with van der Waals surface area (Å²) < 4.78 is 55.0. The SMILES string of the molecule is CCC(C)(C)c1cc(-c2nn(-c3nc(C(=O)O)cs3)c(CC3CC3)c2Cc2ccc(S(N)(=O)=O)c(F)c2)ccc1F. The van der Waals surface area contributed by atoms with Gasteiger partial charge >= 0.3 is 5.97 Å². The van der Waals surface area contributed by atoms with E-state index in [1.165, 1.54) is 17.5 Å². The van der Waals surface area contributed by atoms with Crippen LogP contribution in [0.15, 0.2) is 46.7 Å². The van der Waals surface area contributed by atoms with Crippen molar-refractivity contribution in [3.05, 3.63) is 81.5 Å². The highest BCUT2D eigenvalue weighted by atomic mass is 32.2. The maximum Gasteiger partial charge on any atom is 0.355 e. The van der Waals surface area contributed by atoms with E-state index >= 15 is 4.39 Å². The standard InChI is InChI=1S/C29H30F2N4O4S2/c1-4-29(2,3)20-14-18(8-9-21(20)30)26-19(11-17-7-10-25(22(31)12-17)41(32,38)39)24(13-16-5-6-16)35(34-26)28-33-23(15-40-28)27(36)37/h7-10,12,14-16H,4-6,11,13H2,1-3H3,(H,36,37)(H2,32,38,39). The number of aromatic nitrogens is 3. The van der Waals surface area contributed by atoms with Gasteiger partial charge in [-0.05, 0) is 78.5 Å². The van der Waals surface area contributed by atoms with Crippen LogP contribution in [0.5, 0.6) is 0 Å². The van der Waals surface area contributed by atoms with Crippen LogP contribution in [0.2, 0.25) is 0 Å². The molecule has 0 aliphatic heterocycles. The second kappa shape index (κ2) is 10.7. The summed E-state index contributed by atoms with van der Waals surface area (Å²) >= 11 is 1.14. The van der Waals surface area contributed by atoms with Crippen molar-refractivity contribution < 1.29 is 27.1 Å². The molecule has 8 nitrogen and oxygen atoms in total. The van der Waals surface area contributed by atoms with Crippen molar-refractivity contribution in [2.24, 2.45) is 11.1 Å². The zero-order valence-electron chi connectivity index (χ0n) is 22.8. The van der Waals surface area contributed by atoms with Crippen LogP contribution in [0.3, 0.4) is 0 Å². The number of thiazole rings is 1. The Labute approximate surface area is 240 Å². The molecule has 0 saturated heterocycles. The number of nitrogens with zero attached hydrogens (tertiary/aromatic N) is 3. The number of aromatic carboxylic acids is 1. The number of hydrogen-bond acceptors (Lipinski definition) is 6. The minimum absolute atomic E-state index is 0.101. The Morgan fingerprint density at radius 3 is 2.49 bits per heavy atom. The van der Waals surface area contributed by atoms with E-state index in [4.69, 9.17) is 10.2 Å². The lowest BCUT2D eigenvalue weighted by atomic mass is 9.81. The molecule has 1 aliphatic rings. The molecule has 1 aliphatic carbocycles. The topological polar surface area (TPSA) is 128 Å². The highest BCUT2D eigenvalue weighted by Crippen LogP contribution is 2.39. The van der Waals surface area contributed by atoms with Gasteiger partial charge in [-0.1, -0.05) is 26.8 Å². The van der Waals surface area contributed by atoms with Crippen LogP contribution in [-0.2, 0) is 28.3 Å². The Morgan fingerprint density at radius 1 is 1.17 bits per heavy atom. The number of benzene rings is 2. The molecule has 0 spiro atoms. The van der Waals surface area contributed by atoms with Gasteiger partial charge in [-0.3, -0.25) is 0 Å². The molecule has 3 N–H and O–H groups in total. The third-order valence-electron chi connectivity index (χ3n) is 7.70. The summed E-state index contributed by atoms with van der Waals surface area (Å²) in [5.41, 5.74) is 3.22. The first-order valence-electron chi connectivity index (χ1n) is 13.2.